The molecule has 3 aromatic heterocycles. The Balaban J connectivity index is 1.48. The van der Waals surface area contributed by atoms with Gasteiger partial charge in [-0.3, -0.25) is 4.98 Å². The van der Waals surface area contributed by atoms with Crippen molar-refractivity contribution in [3.05, 3.63) is 112 Å². The number of benzene rings is 2. The lowest BCUT2D eigenvalue weighted by molar-refractivity contribution is 0.302. The number of hydrogen-bond donors (Lipinski definition) is 0. The molecule has 0 aliphatic carbocycles. The number of halogens is 1. The van der Waals surface area contributed by atoms with Gasteiger partial charge in [-0.1, -0.05) is 81.4 Å². The van der Waals surface area contributed by atoms with Crippen LogP contribution in [0.5, 0.6) is 0 Å². The third-order valence-electron chi connectivity index (χ3n) is 6.99. The molecule has 0 bridgehead atoms. The molecule has 5 rings (SSSR count). The zero-order valence-electron chi connectivity index (χ0n) is 22.2. The Morgan fingerprint density at radius 3 is 1.95 bits per heavy atom. The summed E-state index contributed by atoms with van der Waals surface area (Å²) in [5.74, 6) is 0. The average molecular weight is 619 g/mol. The van der Waals surface area contributed by atoms with Crippen molar-refractivity contribution in [2.75, 3.05) is 6.61 Å². The van der Waals surface area contributed by atoms with Crippen LogP contribution in [0.3, 0.4) is 0 Å². The number of nitrogens with zero attached hydrogens (tertiary/aromatic N) is 1. The number of pyridine rings is 1. The largest absolute Gasteiger partial charge is 0.407 e. The van der Waals surface area contributed by atoms with Gasteiger partial charge in [-0.15, -0.1) is 22.7 Å². The minimum atomic E-state index is -2.57. The summed E-state index contributed by atoms with van der Waals surface area (Å²) in [4.78, 5) is 9.38. The molecule has 0 atom stereocenters. The van der Waals surface area contributed by atoms with E-state index in [4.69, 9.17) is 4.43 Å². The maximum Gasteiger partial charge on any atom is 0.261 e. The van der Waals surface area contributed by atoms with Crippen LogP contribution in [0.1, 0.15) is 31.2 Å². The molecule has 6 heteroatoms. The molecule has 0 fully saturated rings. The van der Waals surface area contributed by atoms with Crippen molar-refractivity contribution in [3.8, 4) is 20.2 Å². The van der Waals surface area contributed by atoms with Gasteiger partial charge in [0, 0.05) is 43.0 Å². The zero-order chi connectivity index (χ0) is 26.8. The summed E-state index contributed by atoms with van der Waals surface area (Å²) in [5.41, 5.74) is 2.55. The summed E-state index contributed by atoms with van der Waals surface area (Å²) in [6.45, 7) is 9.87. The molecule has 38 heavy (non-hydrogen) atoms. The fourth-order valence-corrected chi connectivity index (χ4v) is 12.8. The van der Waals surface area contributed by atoms with Crippen LogP contribution >= 0.6 is 38.6 Å². The highest BCUT2D eigenvalue weighted by atomic mass is 79.9. The van der Waals surface area contributed by atoms with E-state index in [1.165, 1.54) is 45.5 Å². The molecule has 3 heterocycles. The number of aryl methyl sites for hydroxylation is 1. The lowest BCUT2D eigenvalue weighted by Gasteiger charge is -2.43. The highest BCUT2D eigenvalue weighted by Crippen LogP contribution is 2.44. The van der Waals surface area contributed by atoms with E-state index in [2.05, 4.69) is 134 Å². The van der Waals surface area contributed by atoms with E-state index in [1.54, 1.807) is 0 Å². The molecular formula is C32H32BrNOS2Si. The van der Waals surface area contributed by atoms with Crippen LogP contribution in [0.2, 0.25) is 5.04 Å². The standard InChI is InChI=1S/C32H32BrNOS2Si/c1-23-30(33)27(31(36-23)29-16-15-28(37-29)24-17-20-34-21-18-24)19-22-35-38(32(2,3)4,25-11-7-5-8-12-25)26-13-9-6-10-14-26/h5-18,20-21H,19,22H2,1-4H3. The quantitative estimate of drug-likeness (QED) is 0.162. The topological polar surface area (TPSA) is 22.1 Å². The van der Waals surface area contributed by atoms with Crippen molar-refractivity contribution >= 4 is 57.3 Å². The van der Waals surface area contributed by atoms with Gasteiger partial charge in [-0.2, -0.15) is 0 Å². The van der Waals surface area contributed by atoms with Gasteiger partial charge in [-0.05, 0) is 80.1 Å². The van der Waals surface area contributed by atoms with Crippen molar-refractivity contribution < 1.29 is 4.43 Å². The van der Waals surface area contributed by atoms with Crippen LogP contribution in [-0.2, 0) is 10.8 Å². The van der Waals surface area contributed by atoms with Gasteiger partial charge in [0.2, 0.25) is 0 Å². The Kier molecular flexibility index (Phi) is 8.17. The third kappa shape index (κ3) is 5.25. The smallest absolute Gasteiger partial charge is 0.261 e. The van der Waals surface area contributed by atoms with Gasteiger partial charge in [0.05, 0.1) is 0 Å². The Bertz CT molecular complexity index is 1450. The number of hydrogen-bond acceptors (Lipinski definition) is 4. The fourth-order valence-electron chi connectivity index (χ4n) is 5.19. The minimum Gasteiger partial charge on any atom is -0.407 e. The fraction of sp³-hybridized carbons (Fsp3) is 0.219. The molecule has 0 saturated heterocycles. The van der Waals surface area contributed by atoms with Gasteiger partial charge in [0.25, 0.3) is 8.32 Å². The molecule has 0 aliphatic heterocycles. The monoisotopic (exact) mass is 617 g/mol. The summed E-state index contributed by atoms with van der Waals surface area (Å²) < 4.78 is 8.43. The first kappa shape index (κ1) is 27.2. The van der Waals surface area contributed by atoms with E-state index in [-0.39, 0.29) is 5.04 Å². The normalized spacial score (nSPS) is 12.1. The van der Waals surface area contributed by atoms with E-state index in [0.29, 0.717) is 6.61 Å². The lowest BCUT2D eigenvalue weighted by Crippen LogP contribution is -2.66. The molecule has 0 aliphatic rings. The van der Waals surface area contributed by atoms with Gasteiger partial charge in [0.1, 0.15) is 0 Å². The number of thiophene rings is 2. The molecule has 0 amide bonds. The Hall–Kier alpha value is -2.35. The predicted molar refractivity (Wildman–Crippen MR) is 171 cm³/mol. The first-order valence-electron chi connectivity index (χ1n) is 12.8. The van der Waals surface area contributed by atoms with Crippen molar-refractivity contribution in [1.82, 2.24) is 4.98 Å². The summed E-state index contributed by atoms with van der Waals surface area (Å²) >= 11 is 7.63. The Morgan fingerprint density at radius 2 is 1.37 bits per heavy atom. The average Bonchev–Trinajstić information content (AvgIpc) is 3.53. The lowest BCUT2D eigenvalue weighted by atomic mass is 10.1. The molecule has 0 saturated carbocycles. The molecule has 2 aromatic carbocycles. The second kappa shape index (κ2) is 11.4. The Labute approximate surface area is 243 Å². The SMILES string of the molecule is Cc1sc(-c2ccc(-c3ccncc3)s2)c(CCO[Si](c2ccccc2)(c2ccccc2)C(C)(C)C)c1Br. The molecule has 0 radical (unpaired) electrons. The van der Waals surface area contributed by atoms with Crippen LogP contribution in [0, 0.1) is 6.92 Å². The second-order valence-electron chi connectivity index (χ2n) is 10.4. The first-order chi connectivity index (χ1) is 18.3. The summed E-state index contributed by atoms with van der Waals surface area (Å²) in [7, 11) is -2.57. The predicted octanol–water partition coefficient (Wildman–Crippen LogP) is 8.73. The second-order valence-corrected chi connectivity index (χ2v) is 17.8. The van der Waals surface area contributed by atoms with Crippen molar-refractivity contribution in [1.29, 1.82) is 0 Å². The first-order valence-corrected chi connectivity index (χ1v) is 17.2. The van der Waals surface area contributed by atoms with Crippen LogP contribution in [0.4, 0.5) is 0 Å². The minimum absolute atomic E-state index is 0.0342. The molecule has 0 N–H and O–H groups in total. The van der Waals surface area contributed by atoms with Gasteiger partial charge in [-0.25, -0.2) is 0 Å². The molecule has 2 nitrogen and oxygen atoms in total. The third-order valence-corrected chi connectivity index (χ3v) is 15.8. The number of aromatic nitrogens is 1. The van der Waals surface area contributed by atoms with E-state index < -0.39 is 8.32 Å². The zero-order valence-corrected chi connectivity index (χ0v) is 26.4. The summed E-state index contributed by atoms with van der Waals surface area (Å²) in [6.07, 6.45) is 4.57. The van der Waals surface area contributed by atoms with E-state index in [0.717, 1.165) is 6.42 Å². The number of rotatable bonds is 8. The van der Waals surface area contributed by atoms with Crippen molar-refractivity contribution in [3.63, 3.8) is 0 Å². The van der Waals surface area contributed by atoms with E-state index >= 15 is 0 Å². The van der Waals surface area contributed by atoms with Crippen LogP contribution in [0.25, 0.3) is 20.2 Å². The van der Waals surface area contributed by atoms with Gasteiger partial charge in [0.15, 0.2) is 0 Å². The van der Waals surface area contributed by atoms with Crippen LogP contribution in [0.15, 0.2) is 102 Å². The van der Waals surface area contributed by atoms with E-state index in [1.807, 2.05) is 35.1 Å². The molecule has 0 unspecified atom stereocenters. The highest BCUT2D eigenvalue weighted by molar-refractivity contribution is 9.10. The van der Waals surface area contributed by atoms with Crippen molar-refractivity contribution in [2.24, 2.45) is 0 Å². The van der Waals surface area contributed by atoms with Gasteiger partial charge >= 0.3 is 0 Å². The molecule has 194 valence electrons. The summed E-state index contributed by atoms with van der Waals surface area (Å²) in [6, 6.07) is 30.4. The summed E-state index contributed by atoms with van der Waals surface area (Å²) in [5, 5.41) is 2.60. The van der Waals surface area contributed by atoms with Gasteiger partial charge < -0.3 is 4.43 Å². The molecule has 0 spiro atoms. The highest BCUT2D eigenvalue weighted by Gasteiger charge is 2.50. The van der Waals surface area contributed by atoms with Crippen LogP contribution < -0.4 is 10.4 Å². The van der Waals surface area contributed by atoms with E-state index in [9.17, 15) is 0 Å². The molecule has 5 aromatic rings. The van der Waals surface area contributed by atoms with Crippen molar-refractivity contribution in [2.45, 2.75) is 39.2 Å². The molecular weight excluding hydrogens is 586 g/mol. The maximum absolute atomic E-state index is 7.22. The maximum atomic E-state index is 7.22. The van der Waals surface area contributed by atoms with Crippen LogP contribution in [-0.4, -0.2) is 19.9 Å². The Morgan fingerprint density at radius 1 is 0.789 bits per heavy atom.